The van der Waals surface area contributed by atoms with E-state index >= 15 is 8.78 Å². The number of halogens is 3. The number of hydrogen-bond acceptors (Lipinski definition) is 6. The molecule has 3 saturated carbocycles. The van der Waals surface area contributed by atoms with Crippen LogP contribution in [0.1, 0.15) is 57.4 Å². The van der Waals surface area contributed by atoms with Crippen molar-refractivity contribution >= 4 is 34.4 Å². The summed E-state index contributed by atoms with van der Waals surface area (Å²) in [5.41, 5.74) is -8.10. The van der Waals surface area contributed by atoms with Gasteiger partial charge in [0.2, 0.25) is 5.12 Å². The molecule has 0 heterocycles. The third kappa shape index (κ3) is 2.94. The van der Waals surface area contributed by atoms with Crippen LogP contribution in [0.4, 0.5) is 13.2 Å². The van der Waals surface area contributed by atoms with Crippen LogP contribution in [-0.4, -0.2) is 46.1 Å². The van der Waals surface area contributed by atoms with E-state index in [1.165, 1.54) is 19.9 Å². The highest BCUT2D eigenvalue weighted by Crippen LogP contribution is 2.71. The summed E-state index contributed by atoms with van der Waals surface area (Å²) >= 11 is 0.233. The molecule has 0 spiro atoms. The largest absolute Gasteiger partial charge is 0.449 e. The van der Waals surface area contributed by atoms with Gasteiger partial charge in [-0.25, -0.2) is 13.2 Å². The molecule has 0 radical (unpaired) electrons. The van der Waals surface area contributed by atoms with Crippen LogP contribution in [0.2, 0.25) is 0 Å². The van der Waals surface area contributed by atoms with E-state index < -0.39 is 101 Å². The summed E-state index contributed by atoms with van der Waals surface area (Å²) in [5.74, 6) is -5.56. The van der Waals surface area contributed by atoms with Crippen molar-refractivity contribution in [2.45, 2.75) is 70.7 Å². The maximum atomic E-state index is 17.2. The highest BCUT2D eigenvalue weighted by atomic mass is 32.2. The van der Waals surface area contributed by atoms with E-state index in [4.69, 9.17) is 8.85 Å². The van der Waals surface area contributed by atoms with Gasteiger partial charge in [0.1, 0.15) is 12.2 Å². The van der Waals surface area contributed by atoms with E-state index in [0.29, 0.717) is 0 Å². The standard InChI is InChI=1S/C25H29F3O5S/c1-5-20(31)33-25(21(32)34-12-26)13(2)8-15-16-10-18(27)17-9-14(29)6-7-22(17,3)24(16,28)19(30)11-23(15,25)4/h6-7,9,13,15-16,18H,5,8,10-12H2,1-4H3/t13-,15+,16+,18+,22+,23+,24+,25+/m1/s1/i1D3. The minimum Gasteiger partial charge on any atom is -0.449 e. The zero-order valence-electron chi connectivity index (χ0n) is 22.2. The molecule has 4 rings (SSSR count). The number of allylic oxidation sites excluding steroid dienone is 4. The molecule has 186 valence electrons. The summed E-state index contributed by atoms with van der Waals surface area (Å²) in [6, 6.07) is -1.16. The minimum absolute atomic E-state index is 0.0598. The zero-order valence-corrected chi connectivity index (χ0v) is 20.0. The van der Waals surface area contributed by atoms with Gasteiger partial charge in [-0.3, -0.25) is 19.2 Å². The lowest BCUT2D eigenvalue weighted by Crippen LogP contribution is -2.69. The molecule has 34 heavy (non-hydrogen) atoms. The number of carbonyl (C=O) groups is 4. The number of hydrogen-bond donors (Lipinski definition) is 0. The summed E-state index contributed by atoms with van der Waals surface area (Å²) in [6.07, 6.45) is -0.318. The van der Waals surface area contributed by atoms with Gasteiger partial charge in [0.15, 0.2) is 22.8 Å². The van der Waals surface area contributed by atoms with E-state index in [1.54, 1.807) is 6.92 Å². The van der Waals surface area contributed by atoms with Crippen LogP contribution in [-0.2, 0) is 23.9 Å². The summed E-state index contributed by atoms with van der Waals surface area (Å²) in [5, 5.41) is -0.895. The van der Waals surface area contributed by atoms with Crippen LogP contribution in [0.25, 0.3) is 0 Å². The lowest BCUT2D eigenvalue weighted by Gasteiger charge is -2.60. The number of Topliss-reactive ketones (excluding diaryl/α,β-unsaturated/α-hetero) is 1. The number of esters is 1. The van der Waals surface area contributed by atoms with Gasteiger partial charge in [0.25, 0.3) is 0 Å². The van der Waals surface area contributed by atoms with Gasteiger partial charge in [-0.05, 0) is 55.2 Å². The molecule has 0 aromatic heterocycles. The highest BCUT2D eigenvalue weighted by Gasteiger charge is 2.78. The molecule has 0 amide bonds. The molecule has 0 saturated heterocycles. The number of rotatable bonds is 4. The SMILES string of the molecule is [2H]C([2H])([2H])CC(=O)O[C@]1(C(=O)SCF)[C@H](C)C[C@H]2[C@@H]3C[C@H](F)C4=CC(=O)C=C[C@]4(C)[C@@]3(F)C(=O)C[C@@]21C. The molecular weight excluding hydrogens is 469 g/mol. The van der Waals surface area contributed by atoms with Gasteiger partial charge in [0, 0.05) is 34.2 Å². The van der Waals surface area contributed by atoms with Crippen LogP contribution in [0.3, 0.4) is 0 Å². The normalized spacial score (nSPS) is 46.9. The molecular formula is C25H29F3O5S. The van der Waals surface area contributed by atoms with Gasteiger partial charge in [0.05, 0.1) is 5.41 Å². The number of ether oxygens (including phenoxy) is 1. The molecule has 9 heteroatoms. The molecule has 5 nitrogen and oxygen atoms in total. The molecule has 0 aromatic carbocycles. The fourth-order valence-corrected chi connectivity index (χ4v) is 8.11. The van der Waals surface area contributed by atoms with Crippen molar-refractivity contribution in [1.82, 2.24) is 0 Å². The summed E-state index contributed by atoms with van der Waals surface area (Å²) < 4.78 is 73.9. The molecule has 0 aliphatic heterocycles. The predicted octanol–water partition coefficient (Wildman–Crippen LogP) is 4.64. The number of ketones is 2. The third-order valence-electron chi connectivity index (χ3n) is 8.84. The lowest BCUT2D eigenvalue weighted by molar-refractivity contribution is -0.200. The van der Waals surface area contributed by atoms with Crippen molar-refractivity contribution in [3.63, 3.8) is 0 Å². The number of carbonyl (C=O) groups excluding carboxylic acids is 4. The van der Waals surface area contributed by atoms with Crippen molar-refractivity contribution in [2.24, 2.45) is 28.6 Å². The van der Waals surface area contributed by atoms with Crippen molar-refractivity contribution in [1.29, 1.82) is 0 Å². The van der Waals surface area contributed by atoms with Crippen molar-refractivity contribution in [3.8, 4) is 0 Å². The van der Waals surface area contributed by atoms with E-state index in [9.17, 15) is 23.6 Å². The summed E-state index contributed by atoms with van der Waals surface area (Å²) in [4.78, 5) is 51.9. The molecule has 0 unspecified atom stereocenters. The molecule has 0 aromatic rings. The fraction of sp³-hybridized carbons (Fsp3) is 0.680. The number of alkyl halides is 3. The minimum atomic E-state index is -2.71. The predicted molar refractivity (Wildman–Crippen MR) is 120 cm³/mol. The molecule has 8 atom stereocenters. The van der Waals surface area contributed by atoms with Crippen LogP contribution in [0.15, 0.2) is 23.8 Å². The average molecular weight is 502 g/mol. The first-order valence-corrected chi connectivity index (χ1v) is 12.2. The first-order chi connectivity index (χ1) is 17.0. The number of thioether (sulfide) groups is 1. The Bertz CT molecular complexity index is 1130. The molecule has 0 N–H and O–H groups in total. The maximum Gasteiger partial charge on any atom is 0.306 e. The van der Waals surface area contributed by atoms with Crippen LogP contribution < -0.4 is 0 Å². The molecule has 3 fully saturated rings. The van der Waals surface area contributed by atoms with Crippen molar-refractivity contribution in [3.05, 3.63) is 23.8 Å². The molecule has 4 aliphatic carbocycles. The van der Waals surface area contributed by atoms with Gasteiger partial charge in [-0.15, -0.1) is 0 Å². The van der Waals surface area contributed by atoms with Gasteiger partial charge in [-0.1, -0.05) is 26.8 Å². The Labute approximate surface area is 205 Å². The van der Waals surface area contributed by atoms with Gasteiger partial charge >= 0.3 is 5.97 Å². The smallest absolute Gasteiger partial charge is 0.306 e. The van der Waals surface area contributed by atoms with E-state index in [1.807, 2.05) is 0 Å². The molecule has 4 aliphatic rings. The Morgan fingerprint density at radius 2 is 1.97 bits per heavy atom. The topological polar surface area (TPSA) is 77.5 Å². The second-order valence-corrected chi connectivity index (χ2v) is 11.1. The quantitative estimate of drug-likeness (QED) is 0.523. The van der Waals surface area contributed by atoms with E-state index in [2.05, 4.69) is 0 Å². The second kappa shape index (κ2) is 8.07. The van der Waals surface area contributed by atoms with Crippen LogP contribution >= 0.6 is 11.8 Å². The molecule has 0 bridgehead atoms. The van der Waals surface area contributed by atoms with Crippen molar-refractivity contribution < 1.29 is 41.2 Å². The van der Waals surface area contributed by atoms with Crippen LogP contribution in [0.5, 0.6) is 0 Å². The first kappa shape index (κ1) is 21.4. The average Bonchev–Trinajstić information content (AvgIpc) is 2.98. The third-order valence-corrected chi connectivity index (χ3v) is 9.51. The number of fused-ring (bicyclic) bond motifs is 5. The second-order valence-electron chi connectivity index (χ2n) is 10.2. The van der Waals surface area contributed by atoms with Gasteiger partial charge < -0.3 is 4.74 Å². The van der Waals surface area contributed by atoms with E-state index in [0.717, 1.165) is 12.2 Å². The van der Waals surface area contributed by atoms with E-state index in [-0.39, 0.29) is 23.8 Å². The van der Waals surface area contributed by atoms with Crippen LogP contribution in [0, 0.1) is 28.6 Å². The fourth-order valence-electron chi connectivity index (χ4n) is 7.32. The maximum absolute atomic E-state index is 17.2. The Morgan fingerprint density at radius 3 is 2.62 bits per heavy atom. The Morgan fingerprint density at radius 1 is 1.26 bits per heavy atom. The van der Waals surface area contributed by atoms with Gasteiger partial charge in [-0.2, -0.15) is 0 Å². The Kier molecular flexibility index (Phi) is 5.07. The lowest BCUT2D eigenvalue weighted by atomic mass is 9.45. The van der Waals surface area contributed by atoms with Crippen molar-refractivity contribution in [2.75, 3.05) is 6.01 Å². The zero-order chi connectivity index (χ0) is 27.8. The summed E-state index contributed by atoms with van der Waals surface area (Å²) in [6.45, 7) is 1.71. The first-order valence-electron chi connectivity index (χ1n) is 12.7. The monoisotopic (exact) mass is 501 g/mol. The highest BCUT2D eigenvalue weighted by molar-refractivity contribution is 8.13. The summed E-state index contributed by atoms with van der Waals surface area (Å²) in [7, 11) is 0. The Hall–Kier alpha value is -1.90. The Balaban J connectivity index is 1.85.